The fraction of sp³-hybridized carbons (Fsp3) is 0.0938. The molecule has 0 atom stereocenters. The highest BCUT2D eigenvalue weighted by atomic mass is 32.3. The molecule has 0 spiro atoms. The number of nitrogens with zero attached hydrogens (tertiary/aromatic N) is 6. The average molecular weight is 815 g/mol. The number of aryl methyl sites for hydroxylation is 1. The van der Waals surface area contributed by atoms with Crippen LogP contribution < -0.4 is 0 Å². The molecule has 0 fully saturated rings. The van der Waals surface area contributed by atoms with E-state index in [1.807, 2.05) is 6.92 Å². The zero-order valence-corrected chi connectivity index (χ0v) is 30.2. The van der Waals surface area contributed by atoms with Gasteiger partial charge >= 0.3 is 16.4 Å². The fourth-order valence-electron chi connectivity index (χ4n) is 4.72. The van der Waals surface area contributed by atoms with Crippen LogP contribution in [-0.2, 0) is 34.5 Å². The van der Waals surface area contributed by atoms with Crippen LogP contribution in [0.2, 0.25) is 0 Å². The molecule has 0 heterocycles. The van der Waals surface area contributed by atoms with Crippen molar-refractivity contribution in [2.75, 3.05) is 12.4 Å². The minimum Gasteiger partial charge on any atom is -0.506 e. The van der Waals surface area contributed by atoms with Gasteiger partial charge in [-0.15, -0.1) is 20.5 Å². The number of phenols is 3. The molecule has 6 N–H and O–H groups in total. The number of phenolic OH excluding ortho intramolecular Hbond substituents is 3. The van der Waals surface area contributed by atoms with Crippen LogP contribution >= 0.6 is 0 Å². The second kappa shape index (κ2) is 15.6. The number of carbonyl (C=O) groups is 1. The van der Waals surface area contributed by atoms with Crippen molar-refractivity contribution in [2.45, 2.75) is 16.7 Å². The summed E-state index contributed by atoms with van der Waals surface area (Å²) in [6.07, 6.45) is 0. The van der Waals surface area contributed by atoms with Crippen molar-refractivity contribution in [1.29, 1.82) is 0 Å². The molecule has 5 rings (SSSR count). The Hall–Kier alpha value is -6.24. The smallest absolute Gasteiger partial charge is 0.397 e. The van der Waals surface area contributed by atoms with Crippen molar-refractivity contribution in [3.63, 3.8) is 0 Å². The zero-order chi connectivity index (χ0) is 40.3. The number of sulfone groups is 1. The van der Waals surface area contributed by atoms with E-state index in [1.54, 1.807) is 24.3 Å². The second-order valence-corrected chi connectivity index (χ2v) is 15.9. The van der Waals surface area contributed by atoms with Crippen molar-refractivity contribution < 1.29 is 63.8 Å². The molecule has 286 valence electrons. The number of carboxylic acid groups (broad SMARTS) is 1. The van der Waals surface area contributed by atoms with Gasteiger partial charge in [0.2, 0.25) is 0 Å². The molecule has 20 nitrogen and oxygen atoms in total. The van der Waals surface area contributed by atoms with Crippen LogP contribution in [0.4, 0.5) is 34.1 Å². The van der Waals surface area contributed by atoms with E-state index in [4.69, 9.17) is 4.55 Å². The van der Waals surface area contributed by atoms with Crippen LogP contribution in [0.15, 0.2) is 119 Å². The van der Waals surface area contributed by atoms with Gasteiger partial charge in [-0.1, -0.05) is 23.8 Å². The number of aromatic carboxylic acids is 1. The summed E-state index contributed by atoms with van der Waals surface area (Å²) in [7, 11) is -13.7. The summed E-state index contributed by atoms with van der Waals surface area (Å²) in [5.74, 6) is -4.76. The molecule has 0 aliphatic heterocycles. The monoisotopic (exact) mass is 814 g/mol. The SMILES string of the molecule is Cc1ccc(N=Nc2c(C(=O)O)cc(O)c(N=Nc3cc(O)c(N=Nc4ccc(S(=O)(=O)CCOS(=O)(=O)O)cc4)c4ccc(S(=O)(=O)O)cc34)c2O)cc1. The molecular weight excluding hydrogens is 789 g/mol. The van der Waals surface area contributed by atoms with Gasteiger partial charge in [0.15, 0.2) is 21.3 Å². The molecule has 0 aliphatic carbocycles. The summed E-state index contributed by atoms with van der Waals surface area (Å²) in [5.41, 5.74) is -1.19. The van der Waals surface area contributed by atoms with E-state index in [2.05, 4.69) is 34.9 Å². The molecule has 5 aromatic carbocycles. The first kappa shape index (κ1) is 40.0. The van der Waals surface area contributed by atoms with Crippen LogP contribution in [0.25, 0.3) is 10.8 Å². The first-order valence-electron chi connectivity index (χ1n) is 15.1. The third-order valence-corrected chi connectivity index (χ3v) is 10.4. The van der Waals surface area contributed by atoms with Gasteiger partial charge in [0.05, 0.1) is 44.8 Å². The number of fused-ring (bicyclic) bond motifs is 1. The van der Waals surface area contributed by atoms with Gasteiger partial charge in [0, 0.05) is 16.8 Å². The van der Waals surface area contributed by atoms with E-state index in [-0.39, 0.29) is 32.7 Å². The molecule has 0 saturated heterocycles. The highest BCUT2D eigenvalue weighted by molar-refractivity contribution is 7.91. The predicted molar refractivity (Wildman–Crippen MR) is 192 cm³/mol. The molecule has 5 aromatic rings. The fourth-order valence-corrected chi connectivity index (χ4v) is 6.71. The third-order valence-electron chi connectivity index (χ3n) is 7.40. The Morgan fingerprint density at radius 2 is 1.18 bits per heavy atom. The first-order valence-corrected chi connectivity index (χ1v) is 19.6. The molecule has 0 saturated carbocycles. The summed E-state index contributed by atoms with van der Waals surface area (Å²) in [6, 6.07) is 16.1. The molecule has 0 amide bonds. The quantitative estimate of drug-likeness (QED) is 0.0512. The maximum atomic E-state index is 12.5. The van der Waals surface area contributed by atoms with Gasteiger partial charge < -0.3 is 20.4 Å². The van der Waals surface area contributed by atoms with E-state index in [0.717, 1.165) is 48.0 Å². The molecular formula is C32H26N6O14S3. The summed E-state index contributed by atoms with van der Waals surface area (Å²) in [4.78, 5) is 11.1. The second-order valence-electron chi connectivity index (χ2n) is 11.2. The number of hydrogen-bond donors (Lipinski definition) is 6. The third kappa shape index (κ3) is 9.66. The molecule has 23 heteroatoms. The van der Waals surface area contributed by atoms with E-state index >= 15 is 0 Å². The standard InChI is InChI=1S/C32H26N6O14S3/c1-17-2-4-18(5-3-17)34-37-29-24(32(42)43)15-26(39)30(31(29)41)38-35-25-16-27(40)28(22-11-10-21(14-23(22)25)54(46,47)48)36-33-19-6-8-20(9-7-19)53(44,45)13-12-52-55(49,50)51/h2-11,14-16,39-41H,12-13H2,1H3,(H,42,43)(H,46,47,48)(H,49,50,51). The number of benzene rings is 5. The molecule has 55 heavy (non-hydrogen) atoms. The Labute approximate surface area is 311 Å². The van der Waals surface area contributed by atoms with Crippen molar-refractivity contribution in [1.82, 2.24) is 0 Å². The topological polar surface area (TPSA) is 324 Å². The minimum atomic E-state index is -4.85. The Morgan fingerprint density at radius 3 is 1.76 bits per heavy atom. The summed E-state index contributed by atoms with van der Waals surface area (Å²) in [5, 5.41) is 65.6. The first-order chi connectivity index (χ1) is 25.7. The molecule has 0 aliphatic rings. The Bertz CT molecular complexity index is 2760. The Kier molecular flexibility index (Phi) is 11.3. The van der Waals surface area contributed by atoms with Gasteiger partial charge in [-0.05, 0) is 61.5 Å². The van der Waals surface area contributed by atoms with Crippen molar-refractivity contribution in [2.24, 2.45) is 30.7 Å². The van der Waals surface area contributed by atoms with Crippen molar-refractivity contribution >= 4 is 81.2 Å². The number of rotatable bonds is 13. The van der Waals surface area contributed by atoms with Gasteiger partial charge in [-0.2, -0.15) is 27.1 Å². The zero-order valence-electron chi connectivity index (χ0n) is 27.8. The van der Waals surface area contributed by atoms with E-state index in [0.29, 0.717) is 5.69 Å². The van der Waals surface area contributed by atoms with Gasteiger partial charge in [0.25, 0.3) is 10.1 Å². The van der Waals surface area contributed by atoms with E-state index in [9.17, 15) is 55.0 Å². The highest BCUT2D eigenvalue weighted by Gasteiger charge is 2.23. The van der Waals surface area contributed by atoms with Crippen molar-refractivity contribution in [3.05, 3.63) is 90.0 Å². The van der Waals surface area contributed by atoms with E-state index < -0.39 is 87.8 Å². The lowest BCUT2D eigenvalue weighted by atomic mass is 10.1. The number of azo groups is 3. The van der Waals surface area contributed by atoms with Crippen LogP contribution in [0, 0.1) is 6.92 Å². The molecule has 0 bridgehead atoms. The number of aromatic hydroxyl groups is 3. The summed E-state index contributed by atoms with van der Waals surface area (Å²) < 4.78 is 92.8. The summed E-state index contributed by atoms with van der Waals surface area (Å²) >= 11 is 0. The van der Waals surface area contributed by atoms with Crippen LogP contribution in [-0.4, -0.2) is 73.1 Å². The van der Waals surface area contributed by atoms with Gasteiger partial charge in [-0.3, -0.25) is 9.11 Å². The molecule has 0 aromatic heterocycles. The van der Waals surface area contributed by atoms with Crippen LogP contribution in [0.5, 0.6) is 17.2 Å². The average Bonchev–Trinajstić information content (AvgIpc) is 3.10. The minimum absolute atomic E-state index is 0.00890. The lowest BCUT2D eigenvalue weighted by Gasteiger charge is -2.10. The Balaban J connectivity index is 1.54. The number of hydrogen-bond acceptors (Lipinski definition) is 17. The van der Waals surface area contributed by atoms with E-state index in [1.165, 1.54) is 12.1 Å². The lowest BCUT2D eigenvalue weighted by Crippen LogP contribution is -2.15. The normalized spacial score (nSPS) is 12.7. The summed E-state index contributed by atoms with van der Waals surface area (Å²) in [6.45, 7) is 0.988. The van der Waals surface area contributed by atoms with Gasteiger partial charge in [0.1, 0.15) is 22.9 Å². The largest absolute Gasteiger partial charge is 0.506 e. The lowest BCUT2D eigenvalue weighted by molar-refractivity contribution is 0.0696. The highest BCUT2D eigenvalue weighted by Crippen LogP contribution is 2.48. The Morgan fingerprint density at radius 1 is 0.636 bits per heavy atom. The molecule has 0 radical (unpaired) electrons. The maximum Gasteiger partial charge on any atom is 0.397 e. The van der Waals surface area contributed by atoms with Crippen LogP contribution in [0.1, 0.15) is 15.9 Å². The van der Waals surface area contributed by atoms with Crippen molar-refractivity contribution in [3.8, 4) is 17.2 Å². The van der Waals surface area contributed by atoms with Gasteiger partial charge in [-0.25, -0.2) is 17.4 Å². The maximum absolute atomic E-state index is 12.5. The predicted octanol–water partition coefficient (Wildman–Crippen LogP) is 7.05. The van der Waals surface area contributed by atoms with Crippen LogP contribution in [0.3, 0.4) is 0 Å². The molecule has 0 unspecified atom stereocenters. The number of carboxylic acids is 1.